The lowest BCUT2D eigenvalue weighted by atomic mass is 9.93. The summed E-state index contributed by atoms with van der Waals surface area (Å²) in [5, 5.41) is 0. The zero-order chi connectivity index (χ0) is 15.7. The molecule has 0 spiro atoms. The van der Waals surface area contributed by atoms with Crippen LogP contribution < -0.4 is 0 Å². The summed E-state index contributed by atoms with van der Waals surface area (Å²) >= 11 is 0. The van der Waals surface area contributed by atoms with Gasteiger partial charge in [0.25, 0.3) is 0 Å². The highest BCUT2D eigenvalue weighted by molar-refractivity contribution is 5.91. The zero-order valence-corrected chi connectivity index (χ0v) is 13.2. The summed E-state index contributed by atoms with van der Waals surface area (Å²) in [7, 11) is 0. The number of carbonyl (C=O) groups is 1. The number of rotatable bonds is 3. The van der Waals surface area contributed by atoms with Gasteiger partial charge in [-0.25, -0.2) is 0 Å². The molecule has 1 saturated carbocycles. The average molecular weight is 307 g/mol. The maximum Gasteiger partial charge on any atom is 0.233 e. The number of carbonyl (C=O) groups excluding carboxylic acids is 1. The SMILES string of the molecule is O=C(N1CCOC(c2ccccc2)C1)C1(c2ccccc2)CC1. The van der Waals surface area contributed by atoms with Gasteiger partial charge in [-0.2, -0.15) is 0 Å². The number of morpholine rings is 1. The van der Waals surface area contributed by atoms with Gasteiger partial charge in [-0.05, 0) is 24.0 Å². The van der Waals surface area contributed by atoms with E-state index >= 15 is 0 Å². The predicted octanol–water partition coefficient (Wildman–Crippen LogP) is 3.32. The van der Waals surface area contributed by atoms with Gasteiger partial charge in [0.05, 0.1) is 18.6 Å². The summed E-state index contributed by atoms with van der Waals surface area (Å²) in [5.41, 5.74) is 2.03. The third-order valence-electron chi connectivity index (χ3n) is 5.01. The molecule has 0 bridgehead atoms. The topological polar surface area (TPSA) is 29.5 Å². The van der Waals surface area contributed by atoms with Crippen LogP contribution in [-0.4, -0.2) is 30.5 Å². The summed E-state index contributed by atoms with van der Waals surface area (Å²) in [6.45, 7) is 1.95. The molecule has 1 aliphatic carbocycles. The third kappa shape index (κ3) is 2.66. The molecule has 0 aromatic heterocycles. The maximum atomic E-state index is 13.1. The Morgan fingerprint density at radius 2 is 1.65 bits per heavy atom. The van der Waals surface area contributed by atoms with E-state index in [-0.39, 0.29) is 17.4 Å². The molecular weight excluding hydrogens is 286 g/mol. The molecule has 0 radical (unpaired) electrons. The van der Waals surface area contributed by atoms with Crippen molar-refractivity contribution in [3.05, 3.63) is 71.8 Å². The van der Waals surface area contributed by atoms with Crippen LogP contribution in [0.2, 0.25) is 0 Å². The van der Waals surface area contributed by atoms with Crippen molar-refractivity contribution in [3.8, 4) is 0 Å². The Bertz CT molecular complexity index is 679. The van der Waals surface area contributed by atoms with Gasteiger partial charge in [-0.15, -0.1) is 0 Å². The van der Waals surface area contributed by atoms with Crippen LogP contribution in [0, 0.1) is 0 Å². The van der Waals surface area contributed by atoms with Crippen molar-refractivity contribution in [3.63, 3.8) is 0 Å². The molecule has 1 saturated heterocycles. The molecule has 1 atom stereocenters. The highest BCUT2D eigenvalue weighted by Gasteiger charge is 2.53. The van der Waals surface area contributed by atoms with E-state index in [0.29, 0.717) is 19.7 Å². The molecule has 4 rings (SSSR count). The van der Waals surface area contributed by atoms with Gasteiger partial charge in [0, 0.05) is 6.54 Å². The first-order valence-electron chi connectivity index (χ1n) is 8.31. The number of hydrogen-bond acceptors (Lipinski definition) is 2. The van der Waals surface area contributed by atoms with Crippen molar-refractivity contribution in [2.24, 2.45) is 0 Å². The minimum atomic E-state index is -0.278. The van der Waals surface area contributed by atoms with E-state index in [1.54, 1.807) is 0 Å². The van der Waals surface area contributed by atoms with E-state index in [0.717, 1.165) is 24.0 Å². The second-order valence-corrected chi connectivity index (χ2v) is 6.47. The van der Waals surface area contributed by atoms with Crippen LogP contribution in [0.3, 0.4) is 0 Å². The van der Waals surface area contributed by atoms with Crippen LogP contribution in [0.1, 0.15) is 30.1 Å². The van der Waals surface area contributed by atoms with E-state index in [1.807, 2.05) is 41.3 Å². The fraction of sp³-hybridized carbons (Fsp3) is 0.350. The van der Waals surface area contributed by atoms with Crippen molar-refractivity contribution in [2.45, 2.75) is 24.4 Å². The number of nitrogens with zero attached hydrogens (tertiary/aromatic N) is 1. The molecule has 3 heteroatoms. The molecule has 118 valence electrons. The molecular formula is C20H21NO2. The standard InChI is InChI=1S/C20H21NO2/c22-19(20(11-12-20)17-9-5-2-6-10-17)21-13-14-23-18(15-21)16-7-3-1-4-8-16/h1-10,18H,11-15H2. The molecule has 23 heavy (non-hydrogen) atoms. The summed E-state index contributed by atoms with van der Waals surface area (Å²) in [5.74, 6) is 0.271. The zero-order valence-electron chi connectivity index (χ0n) is 13.2. The van der Waals surface area contributed by atoms with Gasteiger partial charge >= 0.3 is 0 Å². The predicted molar refractivity (Wildman–Crippen MR) is 89.1 cm³/mol. The molecule has 0 N–H and O–H groups in total. The Morgan fingerprint density at radius 3 is 2.30 bits per heavy atom. The monoisotopic (exact) mass is 307 g/mol. The van der Waals surface area contributed by atoms with E-state index in [2.05, 4.69) is 24.3 Å². The van der Waals surface area contributed by atoms with Crippen LogP contribution in [0.5, 0.6) is 0 Å². The molecule has 2 aliphatic rings. The smallest absolute Gasteiger partial charge is 0.233 e. The molecule has 2 aromatic rings. The van der Waals surface area contributed by atoms with Gasteiger partial charge < -0.3 is 9.64 Å². The minimum Gasteiger partial charge on any atom is -0.370 e. The lowest BCUT2D eigenvalue weighted by Gasteiger charge is -2.35. The third-order valence-corrected chi connectivity index (χ3v) is 5.01. The summed E-state index contributed by atoms with van der Waals surface area (Å²) in [4.78, 5) is 15.1. The van der Waals surface area contributed by atoms with E-state index in [9.17, 15) is 4.79 Å². The van der Waals surface area contributed by atoms with Gasteiger partial charge in [-0.1, -0.05) is 60.7 Å². The fourth-order valence-corrected chi connectivity index (χ4v) is 3.51. The molecule has 2 fully saturated rings. The molecule has 2 aromatic carbocycles. The Hall–Kier alpha value is -2.13. The van der Waals surface area contributed by atoms with Crippen molar-refractivity contribution in [1.29, 1.82) is 0 Å². The second kappa shape index (κ2) is 5.82. The number of amides is 1. The largest absolute Gasteiger partial charge is 0.370 e. The molecule has 1 unspecified atom stereocenters. The van der Waals surface area contributed by atoms with Gasteiger partial charge in [0.2, 0.25) is 5.91 Å². The lowest BCUT2D eigenvalue weighted by Crippen LogP contribution is -2.46. The van der Waals surface area contributed by atoms with E-state index in [1.165, 1.54) is 0 Å². The normalized spacial score (nSPS) is 22.6. The Balaban J connectivity index is 1.53. The average Bonchev–Trinajstić information content (AvgIpc) is 3.45. The molecule has 1 aliphatic heterocycles. The summed E-state index contributed by atoms with van der Waals surface area (Å²) in [6.07, 6.45) is 1.91. The van der Waals surface area contributed by atoms with Gasteiger partial charge in [0.15, 0.2) is 0 Å². The van der Waals surface area contributed by atoms with E-state index < -0.39 is 0 Å². The van der Waals surface area contributed by atoms with Crippen LogP contribution in [0.25, 0.3) is 0 Å². The number of benzene rings is 2. The quantitative estimate of drug-likeness (QED) is 0.870. The van der Waals surface area contributed by atoms with E-state index in [4.69, 9.17) is 4.74 Å². The van der Waals surface area contributed by atoms with Crippen molar-refractivity contribution in [1.82, 2.24) is 4.90 Å². The highest BCUT2D eigenvalue weighted by Crippen LogP contribution is 2.49. The van der Waals surface area contributed by atoms with Gasteiger partial charge in [-0.3, -0.25) is 4.79 Å². The molecule has 1 amide bonds. The summed E-state index contributed by atoms with van der Waals surface area (Å²) in [6, 6.07) is 20.4. The number of hydrogen-bond donors (Lipinski definition) is 0. The van der Waals surface area contributed by atoms with Crippen molar-refractivity contribution >= 4 is 5.91 Å². The van der Waals surface area contributed by atoms with Crippen molar-refractivity contribution < 1.29 is 9.53 Å². The lowest BCUT2D eigenvalue weighted by molar-refractivity contribution is -0.141. The maximum absolute atomic E-state index is 13.1. The first kappa shape index (κ1) is 14.5. The second-order valence-electron chi connectivity index (χ2n) is 6.47. The van der Waals surface area contributed by atoms with Crippen LogP contribution in [-0.2, 0) is 14.9 Å². The number of ether oxygens (including phenoxy) is 1. The molecule has 3 nitrogen and oxygen atoms in total. The highest BCUT2D eigenvalue weighted by atomic mass is 16.5. The first-order chi connectivity index (χ1) is 11.3. The summed E-state index contributed by atoms with van der Waals surface area (Å²) < 4.78 is 5.89. The Kier molecular flexibility index (Phi) is 3.66. The Labute approximate surface area is 136 Å². The molecule has 1 heterocycles. The minimum absolute atomic E-state index is 0.0135. The van der Waals surface area contributed by atoms with Crippen LogP contribution in [0.15, 0.2) is 60.7 Å². The van der Waals surface area contributed by atoms with Crippen LogP contribution >= 0.6 is 0 Å². The van der Waals surface area contributed by atoms with Crippen LogP contribution in [0.4, 0.5) is 0 Å². The first-order valence-corrected chi connectivity index (χ1v) is 8.31. The Morgan fingerprint density at radius 1 is 1.00 bits per heavy atom. The van der Waals surface area contributed by atoms with Gasteiger partial charge in [0.1, 0.15) is 6.10 Å². The van der Waals surface area contributed by atoms with Crippen molar-refractivity contribution in [2.75, 3.05) is 19.7 Å². The fourth-order valence-electron chi connectivity index (χ4n) is 3.51.